The van der Waals surface area contributed by atoms with E-state index in [0.717, 1.165) is 47.9 Å². The van der Waals surface area contributed by atoms with E-state index in [1.165, 1.54) is 31.1 Å². The molecular formula is C31H45NO4Si. The second-order valence-corrected chi connectivity index (χ2v) is 18.3. The number of methoxy groups -OCH3 is 1. The lowest BCUT2D eigenvalue weighted by Gasteiger charge is -2.42. The van der Waals surface area contributed by atoms with Crippen molar-refractivity contribution >= 4 is 14.0 Å². The monoisotopic (exact) mass is 523 g/mol. The third-order valence-corrected chi connectivity index (χ3v) is 9.72. The second-order valence-electron chi connectivity index (χ2n) is 12.7. The first-order valence-electron chi connectivity index (χ1n) is 13.8. The highest BCUT2D eigenvalue weighted by atomic mass is 28.3. The van der Waals surface area contributed by atoms with Gasteiger partial charge in [0.2, 0.25) is 0 Å². The Morgan fingerprint density at radius 2 is 1.76 bits per heavy atom. The highest BCUT2D eigenvalue weighted by molar-refractivity contribution is 6.76. The van der Waals surface area contributed by atoms with E-state index in [9.17, 15) is 4.79 Å². The lowest BCUT2D eigenvalue weighted by Crippen LogP contribution is -2.35. The lowest BCUT2D eigenvalue weighted by atomic mass is 9.69. The van der Waals surface area contributed by atoms with E-state index in [4.69, 9.17) is 14.2 Å². The Labute approximate surface area is 224 Å². The molecule has 2 aliphatic rings. The molecule has 202 valence electrons. The molecule has 2 aliphatic carbocycles. The maximum atomic E-state index is 11.7. The Balaban J connectivity index is 1.67. The van der Waals surface area contributed by atoms with Crippen LogP contribution in [0.25, 0.3) is 11.1 Å². The summed E-state index contributed by atoms with van der Waals surface area (Å²) in [5.41, 5.74) is 5.99. The summed E-state index contributed by atoms with van der Waals surface area (Å²) in [5.74, 6) is 0.725. The molecule has 0 heterocycles. The van der Waals surface area contributed by atoms with Crippen molar-refractivity contribution in [3.63, 3.8) is 0 Å². The van der Waals surface area contributed by atoms with E-state index in [0.29, 0.717) is 12.1 Å². The molecule has 1 unspecified atom stereocenters. The van der Waals surface area contributed by atoms with Gasteiger partial charge in [-0.1, -0.05) is 63.8 Å². The van der Waals surface area contributed by atoms with E-state index >= 15 is 0 Å². The molecule has 0 N–H and O–H groups in total. The quantitative estimate of drug-likeness (QED) is 0.138. The second kappa shape index (κ2) is 11.3. The van der Waals surface area contributed by atoms with Gasteiger partial charge in [0.15, 0.2) is 6.79 Å². The molecule has 0 aromatic heterocycles. The molecule has 1 atom stereocenters. The van der Waals surface area contributed by atoms with Gasteiger partial charge in [0.1, 0.15) is 5.75 Å². The summed E-state index contributed by atoms with van der Waals surface area (Å²) >= 11 is 0. The molecule has 6 heteroatoms. The molecule has 4 rings (SSSR count). The number of ether oxygens (including phenoxy) is 3. The van der Waals surface area contributed by atoms with Crippen LogP contribution < -0.4 is 4.74 Å². The van der Waals surface area contributed by atoms with Crippen molar-refractivity contribution in [3.05, 3.63) is 53.1 Å². The summed E-state index contributed by atoms with van der Waals surface area (Å²) in [7, 11) is 2.56. The third-order valence-electron chi connectivity index (χ3n) is 8.02. The van der Waals surface area contributed by atoms with Crippen LogP contribution in [0.1, 0.15) is 62.3 Å². The highest BCUT2D eigenvalue weighted by Gasteiger charge is 2.40. The zero-order valence-electron chi connectivity index (χ0n) is 23.9. The van der Waals surface area contributed by atoms with Crippen LogP contribution in [-0.2, 0) is 26.1 Å². The number of fused-ring (bicyclic) bond motifs is 1. The van der Waals surface area contributed by atoms with Crippen LogP contribution in [0.2, 0.25) is 25.7 Å². The van der Waals surface area contributed by atoms with Crippen molar-refractivity contribution in [2.75, 3.05) is 27.6 Å². The van der Waals surface area contributed by atoms with Gasteiger partial charge < -0.3 is 14.2 Å². The largest absolute Gasteiger partial charge is 0.469 e. The van der Waals surface area contributed by atoms with E-state index in [2.05, 4.69) is 69.7 Å². The maximum absolute atomic E-state index is 11.7. The van der Waals surface area contributed by atoms with Gasteiger partial charge >= 0.3 is 5.97 Å². The fraction of sp³-hybridized carbons (Fsp3) is 0.581. The minimum Gasteiger partial charge on any atom is -0.469 e. The van der Waals surface area contributed by atoms with E-state index < -0.39 is 8.07 Å². The zero-order chi connectivity index (χ0) is 26.8. The highest BCUT2D eigenvalue weighted by Crippen LogP contribution is 2.50. The molecule has 0 bridgehead atoms. The number of carbonyl (C=O) groups is 1. The molecule has 2 aromatic carbocycles. The number of rotatable bonds is 11. The SMILES string of the molecule is COC(=O)Cc1ccc(-c2cc(OCOCC[Si](C)(C)C)c3c(c2)C(C)(C)CCC3N(C)C2CC2)cc1. The molecule has 5 nitrogen and oxygen atoms in total. The van der Waals surface area contributed by atoms with Gasteiger partial charge in [0.25, 0.3) is 0 Å². The van der Waals surface area contributed by atoms with Crippen molar-refractivity contribution in [2.24, 2.45) is 0 Å². The van der Waals surface area contributed by atoms with E-state index in [1.54, 1.807) is 0 Å². The molecule has 0 spiro atoms. The summed E-state index contributed by atoms with van der Waals surface area (Å²) in [6, 6.07) is 15.0. The predicted molar refractivity (Wildman–Crippen MR) is 153 cm³/mol. The van der Waals surface area contributed by atoms with Crippen LogP contribution in [0.5, 0.6) is 5.75 Å². The van der Waals surface area contributed by atoms with Crippen LogP contribution in [0.15, 0.2) is 36.4 Å². The van der Waals surface area contributed by atoms with Crippen LogP contribution in [0.4, 0.5) is 0 Å². The van der Waals surface area contributed by atoms with Crippen molar-refractivity contribution in [2.45, 2.75) is 89.1 Å². The Hall–Kier alpha value is -2.15. The Kier molecular flexibility index (Phi) is 8.51. The summed E-state index contributed by atoms with van der Waals surface area (Å²) in [4.78, 5) is 14.3. The first kappa shape index (κ1) is 27.9. The van der Waals surface area contributed by atoms with Crippen molar-refractivity contribution < 1.29 is 19.0 Å². The molecular weight excluding hydrogens is 478 g/mol. The van der Waals surface area contributed by atoms with Gasteiger partial charge in [0.05, 0.1) is 13.5 Å². The number of carbonyl (C=O) groups excluding carboxylic acids is 1. The van der Waals surface area contributed by atoms with E-state index in [-0.39, 0.29) is 24.6 Å². The summed E-state index contributed by atoms with van der Waals surface area (Å²) in [6.07, 6.45) is 5.15. The predicted octanol–water partition coefficient (Wildman–Crippen LogP) is 6.97. The van der Waals surface area contributed by atoms with Gasteiger partial charge in [-0.05, 0) is 72.5 Å². The first-order chi connectivity index (χ1) is 17.5. The fourth-order valence-corrected chi connectivity index (χ4v) is 6.09. The normalized spacial score (nSPS) is 19.0. The Bertz CT molecular complexity index is 1090. The molecule has 1 saturated carbocycles. The van der Waals surface area contributed by atoms with E-state index in [1.807, 2.05) is 12.1 Å². The van der Waals surface area contributed by atoms with Gasteiger partial charge in [-0.3, -0.25) is 9.69 Å². The summed E-state index contributed by atoms with van der Waals surface area (Å²) in [6.45, 7) is 12.8. The number of hydrogen-bond acceptors (Lipinski definition) is 5. The average molecular weight is 524 g/mol. The number of hydrogen-bond donors (Lipinski definition) is 0. The standard InChI is InChI=1S/C31H45NO4Si/c1-31(2)15-14-27(32(3)25-12-13-25)30-26(31)19-24(20-28(30)36-21-35-16-17-37(5,6)7)23-10-8-22(9-11-23)18-29(33)34-4/h8-11,19-20,25,27H,12-18,21H2,1-7H3. The molecule has 0 radical (unpaired) electrons. The minimum absolute atomic E-state index is 0.0634. The molecule has 1 fully saturated rings. The Morgan fingerprint density at radius 1 is 1.05 bits per heavy atom. The number of esters is 1. The van der Waals surface area contributed by atoms with Gasteiger partial charge in [0, 0.05) is 32.3 Å². The summed E-state index contributed by atoms with van der Waals surface area (Å²) < 4.78 is 17.3. The van der Waals surface area contributed by atoms with Crippen molar-refractivity contribution in [1.29, 1.82) is 0 Å². The maximum Gasteiger partial charge on any atom is 0.309 e. The molecule has 2 aromatic rings. The topological polar surface area (TPSA) is 48.0 Å². The van der Waals surface area contributed by atoms with Crippen molar-refractivity contribution in [3.8, 4) is 16.9 Å². The number of benzene rings is 2. The first-order valence-corrected chi connectivity index (χ1v) is 17.5. The summed E-state index contributed by atoms with van der Waals surface area (Å²) in [5, 5.41) is 0. The van der Waals surface area contributed by atoms with Crippen molar-refractivity contribution in [1.82, 2.24) is 4.90 Å². The van der Waals surface area contributed by atoms with Crippen LogP contribution in [0.3, 0.4) is 0 Å². The molecule has 0 saturated heterocycles. The lowest BCUT2D eigenvalue weighted by molar-refractivity contribution is -0.139. The average Bonchev–Trinajstić information content (AvgIpc) is 3.69. The smallest absolute Gasteiger partial charge is 0.309 e. The van der Waals surface area contributed by atoms with Crippen LogP contribution in [0, 0.1) is 0 Å². The third kappa shape index (κ3) is 7.04. The van der Waals surface area contributed by atoms with Crippen LogP contribution >= 0.6 is 0 Å². The number of nitrogens with zero attached hydrogens (tertiary/aromatic N) is 1. The van der Waals surface area contributed by atoms with Gasteiger partial charge in [-0.2, -0.15) is 0 Å². The fourth-order valence-electron chi connectivity index (χ4n) is 5.33. The molecule has 0 aliphatic heterocycles. The molecule has 0 amide bonds. The van der Waals surface area contributed by atoms with Gasteiger partial charge in [-0.25, -0.2) is 0 Å². The van der Waals surface area contributed by atoms with Gasteiger partial charge in [-0.15, -0.1) is 0 Å². The molecule has 37 heavy (non-hydrogen) atoms. The zero-order valence-corrected chi connectivity index (χ0v) is 24.9. The Morgan fingerprint density at radius 3 is 2.38 bits per heavy atom. The van der Waals surface area contributed by atoms with Crippen LogP contribution in [-0.4, -0.2) is 52.5 Å². The minimum atomic E-state index is -1.15.